The lowest BCUT2D eigenvalue weighted by Crippen LogP contribution is -2.38. The summed E-state index contributed by atoms with van der Waals surface area (Å²) >= 11 is 1.30. The monoisotopic (exact) mass is 230 g/mol. The molecule has 0 fully saturated rings. The maximum atomic E-state index is 10.8. The Morgan fingerprint density at radius 1 is 1.80 bits per heavy atom. The summed E-state index contributed by atoms with van der Waals surface area (Å²) in [5.74, 6) is -0.448. The maximum Gasteiger partial charge on any atom is 0.321 e. The van der Waals surface area contributed by atoms with Crippen LogP contribution in [0.25, 0.3) is 0 Å². The van der Waals surface area contributed by atoms with Crippen LogP contribution in [0.5, 0.6) is 0 Å². The van der Waals surface area contributed by atoms with Crippen molar-refractivity contribution in [3.8, 4) is 0 Å². The second-order valence-corrected chi connectivity index (χ2v) is 3.99. The Balaban J connectivity index is 2.43. The molecular formula is C9H14N2O3S. The first-order valence-electron chi connectivity index (χ1n) is 4.64. The number of carbonyl (C=O) groups is 1. The number of carboxylic acids is 1. The molecule has 0 aromatic carbocycles. The Kier molecular flexibility index (Phi) is 4.64. The lowest BCUT2D eigenvalue weighted by Gasteiger charge is -2.10. The minimum Gasteiger partial charge on any atom is -0.480 e. The molecule has 0 saturated heterocycles. The summed E-state index contributed by atoms with van der Waals surface area (Å²) < 4.78 is 5.10. The van der Waals surface area contributed by atoms with Gasteiger partial charge in [-0.05, 0) is 13.5 Å². The summed E-state index contributed by atoms with van der Waals surface area (Å²) in [6, 6.07) is -0.563. The van der Waals surface area contributed by atoms with Gasteiger partial charge in [-0.15, -0.1) is 0 Å². The van der Waals surface area contributed by atoms with Gasteiger partial charge in [-0.2, -0.15) is 0 Å². The van der Waals surface area contributed by atoms with Crippen LogP contribution < -0.4 is 5.32 Å². The van der Waals surface area contributed by atoms with Crippen molar-refractivity contribution in [3.05, 3.63) is 12.0 Å². The van der Waals surface area contributed by atoms with Crippen molar-refractivity contribution in [2.75, 3.05) is 12.3 Å². The summed E-state index contributed by atoms with van der Waals surface area (Å²) in [6.45, 7) is 4.32. The van der Waals surface area contributed by atoms with Gasteiger partial charge in [-0.1, -0.05) is 18.7 Å². The number of rotatable bonds is 6. The molecule has 0 amide bonds. The number of oxazole rings is 1. The number of nitrogens with zero attached hydrogens (tertiary/aromatic N) is 1. The van der Waals surface area contributed by atoms with Crippen LogP contribution in [0.3, 0.4) is 0 Å². The third-order valence-corrected chi connectivity index (χ3v) is 2.65. The number of hydrogen-bond donors (Lipinski definition) is 2. The van der Waals surface area contributed by atoms with Crippen molar-refractivity contribution in [2.45, 2.75) is 25.1 Å². The average Bonchev–Trinajstić information content (AvgIpc) is 2.58. The van der Waals surface area contributed by atoms with Gasteiger partial charge < -0.3 is 14.8 Å². The zero-order valence-electron chi connectivity index (χ0n) is 8.69. The topological polar surface area (TPSA) is 75.4 Å². The Morgan fingerprint density at radius 2 is 2.53 bits per heavy atom. The Hall–Kier alpha value is -1.01. The van der Waals surface area contributed by atoms with Crippen LogP contribution in [0, 0.1) is 6.92 Å². The highest BCUT2D eigenvalue weighted by Gasteiger charge is 2.17. The van der Waals surface area contributed by atoms with Gasteiger partial charge in [0.15, 0.2) is 0 Å². The quantitative estimate of drug-likeness (QED) is 0.714. The van der Waals surface area contributed by atoms with E-state index in [-0.39, 0.29) is 0 Å². The van der Waals surface area contributed by atoms with E-state index in [1.165, 1.54) is 11.8 Å². The fraction of sp³-hybridized carbons (Fsp3) is 0.556. The van der Waals surface area contributed by atoms with Gasteiger partial charge in [0.1, 0.15) is 12.3 Å². The third-order valence-electron chi connectivity index (χ3n) is 1.72. The first kappa shape index (κ1) is 12.1. The van der Waals surface area contributed by atoms with E-state index in [9.17, 15) is 4.79 Å². The summed E-state index contributed by atoms with van der Waals surface area (Å²) in [5.41, 5.74) is 0.799. The van der Waals surface area contributed by atoms with Gasteiger partial charge in [-0.25, -0.2) is 4.98 Å². The van der Waals surface area contributed by atoms with Crippen molar-refractivity contribution in [1.82, 2.24) is 10.3 Å². The van der Waals surface area contributed by atoms with Crippen LogP contribution in [0.2, 0.25) is 0 Å². The molecule has 84 valence electrons. The summed E-state index contributed by atoms with van der Waals surface area (Å²) in [6.07, 6.45) is 1.55. The molecule has 1 unspecified atom stereocenters. The molecule has 0 bridgehead atoms. The van der Waals surface area contributed by atoms with Gasteiger partial charge in [0, 0.05) is 5.75 Å². The zero-order chi connectivity index (χ0) is 11.3. The summed E-state index contributed by atoms with van der Waals surface area (Å²) in [5, 5.41) is 12.2. The van der Waals surface area contributed by atoms with Crippen LogP contribution in [0.15, 0.2) is 15.9 Å². The van der Waals surface area contributed by atoms with E-state index in [1.54, 1.807) is 6.26 Å². The molecule has 6 heteroatoms. The number of aliphatic carboxylic acids is 1. The minimum atomic E-state index is -0.854. The molecule has 1 rings (SSSR count). The molecule has 5 nitrogen and oxygen atoms in total. The highest BCUT2D eigenvalue weighted by Crippen LogP contribution is 2.17. The average molecular weight is 230 g/mol. The Labute approximate surface area is 92.3 Å². The van der Waals surface area contributed by atoms with Crippen molar-refractivity contribution < 1.29 is 14.3 Å². The Bertz CT molecular complexity index is 327. The van der Waals surface area contributed by atoms with Crippen LogP contribution in [-0.2, 0) is 4.79 Å². The number of aryl methyl sites for hydroxylation is 1. The van der Waals surface area contributed by atoms with E-state index in [0.717, 1.165) is 5.69 Å². The predicted octanol–water partition coefficient (Wildman–Crippen LogP) is 1.14. The molecule has 0 aliphatic carbocycles. The molecule has 0 radical (unpaired) electrons. The SMILES string of the molecule is CCNC(CSc1nc(C)co1)C(=O)O. The minimum absolute atomic E-state index is 0.406. The second-order valence-electron chi connectivity index (χ2n) is 3.01. The lowest BCUT2D eigenvalue weighted by molar-refractivity contribution is -0.138. The van der Waals surface area contributed by atoms with E-state index >= 15 is 0 Å². The van der Waals surface area contributed by atoms with Crippen LogP contribution >= 0.6 is 11.8 Å². The van der Waals surface area contributed by atoms with E-state index in [1.807, 2.05) is 13.8 Å². The highest BCUT2D eigenvalue weighted by molar-refractivity contribution is 7.99. The number of likely N-dealkylation sites (N-methyl/N-ethyl adjacent to an activating group) is 1. The lowest BCUT2D eigenvalue weighted by atomic mass is 10.3. The van der Waals surface area contributed by atoms with E-state index in [0.29, 0.717) is 17.5 Å². The van der Waals surface area contributed by atoms with E-state index in [4.69, 9.17) is 9.52 Å². The number of carboxylic acid groups (broad SMARTS) is 1. The molecule has 0 aliphatic rings. The molecule has 15 heavy (non-hydrogen) atoms. The smallest absolute Gasteiger partial charge is 0.321 e. The molecule has 1 aromatic rings. The van der Waals surface area contributed by atoms with Crippen molar-refractivity contribution in [3.63, 3.8) is 0 Å². The van der Waals surface area contributed by atoms with Gasteiger partial charge in [0.05, 0.1) is 5.69 Å². The van der Waals surface area contributed by atoms with E-state index < -0.39 is 12.0 Å². The first-order chi connectivity index (χ1) is 7.13. The van der Waals surface area contributed by atoms with Crippen molar-refractivity contribution >= 4 is 17.7 Å². The Morgan fingerprint density at radius 3 is 3.00 bits per heavy atom. The van der Waals surface area contributed by atoms with Crippen LogP contribution in [-0.4, -0.2) is 34.4 Å². The number of thioether (sulfide) groups is 1. The summed E-state index contributed by atoms with van der Waals surface area (Å²) in [4.78, 5) is 14.9. The summed E-state index contributed by atoms with van der Waals surface area (Å²) in [7, 11) is 0. The third kappa shape index (κ3) is 3.93. The molecule has 0 saturated carbocycles. The maximum absolute atomic E-state index is 10.8. The van der Waals surface area contributed by atoms with Gasteiger partial charge in [-0.3, -0.25) is 4.79 Å². The molecule has 1 atom stereocenters. The molecule has 0 aliphatic heterocycles. The highest BCUT2D eigenvalue weighted by atomic mass is 32.2. The van der Waals surface area contributed by atoms with Crippen LogP contribution in [0.1, 0.15) is 12.6 Å². The van der Waals surface area contributed by atoms with Crippen molar-refractivity contribution in [2.24, 2.45) is 0 Å². The van der Waals surface area contributed by atoms with Gasteiger partial charge >= 0.3 is 5.97 Å². The number of hydrogen-bond acceptors (Lipinski definition) is 5. The fourth-order valence-electron chi connectivity index (χ4n) is 1.02. The molecule has 0 spiro atoms. The first-order valence-corrected chi connectivity index (χ1v) is 5.63. The van der Waals surface area contributed by atoms with E-state index in [2.05, 4.69) is 10.3 Å². The standard InChI is InChI=1S/C9H14N2O3S/c1-3-10-7(8(12)13)5-15-9-11-6(2)4-14-9/h4,7,10H,3,5H2,1-2H3,(H,12,13). The molecule has 1 aromatic heterocycles. The fourth-order valence-corrected chi connectivity index (χ4v) is 1.91. The van der Waals surface area contributed by atoms with Gasteiger partial charge in [0.25, 0.3) is 5.22 Å². The normalized spacial score (nSPS) is 12.7. The number of nitrogens with one attached hydrogen (secondary N) is 1. The number of aromatic nitrogens is 1. The zero-order valence-corrected chi connectivity index (χ0v) is 9.50. The molecule has 2 N–H and O–H groups in total. The van der Waals surface area contributed by atoms with Crippen molar-refractivity contribution in [1.29, 1.82) is 0 Å². The van der Waals surface area contributed by atoms with Crippen LogP contribution in [0.4, 0.5) is 0 Å². The second kappa shape index (κ2) is 5.77. The largest absolute Gasteiger partial charge is 0.480 e. The van der Waals surface area contributed by atoms with Gasteiger partial charge in [0.2, 0.25) is 0 Å². The predicted molar refractivity (Wildman–Crippen MR) is 57.1 cm³/mol. The molecule has 1 heterocycles. The molecular weight excluding hydrogens is 216 g/mol.